The maximum absolute atomic E-state index is 12.4. The number of benzene rings is 1. The van der Waals surface area contributed by atoms with Gasteiger partial charge >= 0.3 is 0 Å². The molecule has 0 aliphatic carbocycles. The lowest BCUT2D eigenvalue weighted by molar-refractivity contribution is -0.383. The number of pyridine rings is 1. The number of nitro groups is 1. The molecule has 0 atom stereocenters. The normalized spacial score (nSPS) is 11.6. The van der Waals surface area contributed by atoms with Crippen LogP contribution in [0.15, 0.2) is 41.6 Å². The highest BCUT2D eigenvalue weighted by atomic mass is 32.2. The monoisotopic (exact) mass is 406 g/mol. The number of anilines is 1. The van der Waals surface area contributed by atoms with Gasteiger partial charge in [0.1, 0.15) is 0 Å². The van der Waals surface area contributed by atoms with Gasteiger partial charge in [-0.25, -0.2) is 13.1 Å². The maximum Gasteiger partial charge on any atom is 0.278 e. The fourth-order valence-electron chi connectivity index (χ4n) is 2.82. The SMILES string of the molecule is Cc1cc(S(=O)(=O)NCCNc2ccc([N+](=O)[O-])c3cnccc23)c(C)s1. The molecule has 1 aromatic carbocycles. The summed E-state index contributed by atoms with van der Waals surface area (Å²) in [5.74, 6) is 0. The van der Waals surface area contributed by atoms with Gasteiger partial charge in [-0.05, 0) is 32.0 Å². The van der Waals surface area contributed by atoms with Gasteiger partial charge < -0.3 is 5.32 Å². The van der Waals surface area contributed by atoms with E-state index in [1.807, 2.05) is 6.92 Å². The number of nitrogens with one attached hydrogen (secondary N) is 2. The van der Waals surface area contributed by atoms with Gasteiger partial charge in [0.25, 0.3) is 5.69 Å². The number of nitro benzene ring substituents is 1. The van der Waals surface area contributed by atoms with Crippen molar-refractivity contribution >= 4 is 43.5 Å². The first-order valence-electron chi connectivity index (χ1n) is 8.11. The second kappa shape index (κ2) is 7.59. The first kappa shape index (κ1) is 19.2. The summed E-state index contributed by atoms with van der Waals surface area (Å²) in [6, 6.07) is 6.37. The summed E-state index contributed by atoms with van der Waals surface area (Å²) in [6.45, 7) is 4.16. The third kappa shape index (κ3) is 4.07. The topological polar surface area (TPSA) is 114 Å². The van der Waals surface area contributed by atoms with E-state index in [0.717, 1.165) is 9.75 Å². The molecule has 0 saturated carbocycles. The van der Waals surface area contributed by atoms with Crippen LogP contribution in [0.2, 0.25) is 0 Å². The second-order valence-corrected chi connectivity index (χ2v) is 9.11. The van der Waals surface area contributed by atoms with Gasteiger partial charge in [-0.3, -0.25) is 15.1 Å². The Morgan fingerprint density at radius 3 is 2.63 bits per heavy atom. The van der Waals surface area contributed by atoms with Crippen LogP contribution >= 0.6 is 11.3 Å². The number of sulfonamides is 1. The highest BCUT2D eigenvalue weighted by Gasteiger charge is 2.18. The van der Waals surface area contributed by atoms with Crippen LogP contribution < -0.4 is 10.0 Å². The van der Waals surface area contributed by atoms with Gasteiger partial charge in [-0.1, -0.05) is 0 Å². The van der Waals surface area contributed by atoms with Crippen LogP contribution in [-0.4, -0.2) is 31.4 Å². The lowest BCUT2D eigenvalue weighted by atomic mass is 10.1. The standard InChI is InChI=1S/C17H18N4O4S2/c1-11-9-17(12(2)26-11)27(24,25)20-8-7-19-15-3-4-16(21(22)23)14-10-18-6-5-13(14)15/h3-6,9-10,19-20H,7-8H2,1-2H3. The zero-order valence-electron chi connectivity index (χ0n) is 14.7. The summed E-state index contributed by atoms with van der Waals surface area (Å²) in [6.07, 6.45) is 3.00. The van der Waals surface area contributed by atoms with Crippen LogP contribution in [0.25, 0.3) is 10.8 Å². The third-order valence-corrected chi connectivity index (χ3v) is 6.69. The van der Waals surface area contributed by atoms with E-state index >= 15 is 0 Å². The molecule has 0 spiro atoms. The zero-order chi connectivity index (χ0) is 19.6. The largest absolute Gasteiger partial charge is 0.383 e. The molecule has 0 saturated heterocycles. The molecule has 2 N–H and O–H groups in total. The Morgan fingerprint density at radius 1 is 1.19 bits per heavy atom. The lowest BCUT2D eigenvalue weighted by Crippen LogP contribution is -2.29. The van der Waals surface area contributed by atoms with E-state index in [2.05, 4.69) is 15.0 Å². The van der Waals surface area contributed by atoms with Crippen LogP contribution in [0.4, 0.5) is 11.4 Å². The van der Waals surface area contributed by atoms with E-state index in [1.165, 1.54) is 23.6 Å². The Labute approximate surface area is 160 Å². The van der Waals surface area contributed by atoms with Crippen LogP contribution in [0.1, 0.15) is 9.75 Å². The first-order chi connectivity index (χ1) is 12.8. The summed E-state index contributed by atoms with van der Waals surface area (Å²) < 4.78 is 27.4. The van der Waals surface area contributed by atoms with Crippen LogP contribution in [0.5, 0.6) is 0 Å². The number of thiophene rings is 1. The molecule has 142 valence electrons. The second-order valence-electron chi connectivity index (χ2n) is 5.91. The lowest BCUT2D eigenvalue weighted by Gasteiger charge is -2.11. The van der Waals surface area contributed by atoms with Crippen LogP contribution in [0.3, 0.4) is 0 Å². The number of fused-ring (bicyclic) bond motifs is 1. The van der Waals surface area contributed by atoms with Crippen molar-refractivity contribution in [3.05, 3.63) is 56.5 Å². The maximum atomic E-state index is 12.4. The Bertz CT molecular complexity index is 1110. The molecule has 8 nitrogen and oxygen atoms in total. The summed E-state index contributed by atoms with van der Waals surface area (Å²) in [5, 5.41) is 15.4. The zero-order valence-corrected chi connectivity index (χ0v) is 16.4. The number of aromatic nitrogens is 1. The third-order valence-electron chi connectivity index (χ3n) is 4.01. The van der Waals surface area contributed by atoms with Crippen molar-refractivity contribution in [1.82, 2.24) is 9.71 Å². The molecule has 0 amide bonds. The molecule has 0 radical (unpaired) electrons. The van der Waals surface area contributed by atoms with E-state index in [4.69, 9.17) is 0 Å². The van der Waals surface area contributed by atoms with E-state index in [1.54, 1.807) is 31.3 Å². The summed E-state index contributed by atoms with van der Waals surface area (Å²) >= 11 is 1.44. The van der Waals surface area contributed by atoms with E-state index < -0.39 is 14.9 Å². The quantitative estimate of drug-likeness (QED) is 0.354. The van der Waals surface area contributed by atoms with E-state index in [9.17, 15) is 18.5 Å². The molecule has 0 fully saturated rings. The van der Waals surface area contributed by atoms with Gasteiger partial charge in [-0.15, -0.1) is 11.3 Å². The Kier molecular flexibility index (Phi) is 5.40. The molecule has 3 aromatic rings. The summed E-state index contributed by atoms with van der Waals surface area (Å²) in [5.41, 5.74) is 0.660. The Morgan fingerprint density at radius 2 is 1.96 bits per heavy atom. The van der Waals surface area contributed by atoms with E-state index in [-0.39, 0.29) is 12.2 Å². The fourth-order valence-corrected chi connectivity index (χ4v) is 5.41. The molecule has 0 unspecified atom stereocenters. The highest BCUT2D eigenvalue weighted by Crippen LogP contribution is 2.30. The van der Waals surface area contributed by atoms with Gasteiger partial charge in [0.2, 0.25) is 10.0 Å². The molecule has 2 heterocycles. The van der Waals surface area contributed by atoms with Crippen molar-refractivity contribution in [3.8, 4) is 0 Å². The van der Waals surface area contributed by atoms with Crippen molar-refractivity contribution in [2.75, 3.05) is 18.4 Å². The van der Waals surface area contributed by atoms with E-state index in [0.29, 0.717) is 27.9 Å². The Balaban J connectivity index is 1.70. The van der Waals surface area contributed by atoms with Gasteiger partial charge in [0, 0.05) is 52.4 Å². The smallest absolute Gasteiger partial charge is 0.278 e. The van der Waals surface area contributed by atoms with Crippen molar-refractivity contribution in [3.63, 3.8) is 0 Å². The number of nitrogens with zero attached hydrogens (tertiary/aromatic N) is 2. The molecule has 10 heteroatoms. The Hall–Kier alpha value is -2.56. The van der Waals surface area contributed by atoms with Gasteiger partial charge in [-0.2, -0.15) is 0 Å². The van der Waals surface area contributed by atoms with Gasteiger partial charge in [0.15, 0.2) is 0 Å². The number of aryl methyl sites for hydroxylation is 2. The van der Waals surface area contributed by atoms with Crippen molar-refractivity contribution < 1.29 is 13.3 Å². The number of rotatable bonds is 7. The van der Waals surface area contributed by atoms with Crippen LogP contribution in [-0.2, 0) is 10.0 Å². The molecule has 3 rings (SSSR count). The minimum Gasteiger partial charge on any atom is -0.383 e. The predicted octanol–water partition coefficient (Wildman–Crippen LogP) is 3.21. The summed E-state index contributed by atoms with van der Waals surface area (Å²) in [7, 11) is -3.56. The molecular weight excluding hydrogens is 388 g/mol. The molecule has 2 aromatic heterocycles. The van der Waals surface area contributed by atoms with Crippen molar-refractivity contribution in [2.24, 2.45) is 0 Å². The average molecular weight is 406 g/mol. The summed E-state index contributed by atoms with van der Waals surface area (Å²) in [4.78, 5) is 16.6. The molecular formula is C17H18N4O4S2. The average Bonchev–Trinajstić information content (AvgIpc) is 2.97. The molecule has 0 aliphatic rings. The fraction of sp³-hybridized carbons (Fsp3) is 0.235. The molecule has 27 heavy (non-hydrogen) atoms. The number of non-ortho nitro benzene ring substituents is 1. The number of hydrogen-bond donors (Lipinski definition) is 2. The molecule has 0 bridgehead atoms. The highest BCUT2D eigenvalue weighted by molar-refractivity contribution is 7.89. The van der Waals surface area contributed by atoms with Crippen molar-refractivity contribution in [2.45, 2.75) is 18.7 Å². The number of hydrogen-bond acceptors (Lipinski definition) is 7. The van der Waals surface area contributed by atoms with Crippen molar-refractivity contribution in [1.29, 1.82) is 0 Å². The minimum absolute atomic E-state index is 0.0207. The van der Waals surface area contributed by atoms with Gasteiger partial charge in [0.05, 0.1) is 15.2 Å². The predicted molar refractivity (Wildman–Crippen MR) is 106 cm³/mol. The molecule has 0 aliphatic heterocycles. The minimum atomic E-state index is -3.56. The van der Waals surface area contributed by atoms with Crippen LogP contribution in [0, 0.1) is 24.0 Å². The first-order valence-corrected chi connectivity index (χ1v) is 10.4.